The van der Waals surface area contributed by atoms with E-state index in [4.69, 9.17) is 4.74 Å². The zero-order chi connectivity index (χ0) is 17.0. The molecule has 2 aromatic rings. The number of rotatable bonds is 4. The number of hydrogen-bond acceptors (Lipinski definition) is 3. The number of amides is 1. The largest absolute Gasteiger partial charge is 0.417 e. The average Bonchev–Trinajstić information content (AvgIpc) is 2.50. The number of H-pyrrole nitrogens is 1. The maximum atomic E-state index is 12.7. The van der Waals surface area contributed by atoms with Crippen molar-refractivity contribution in [2.24, 2.45) is 0 Å². The summed E-state index contributed by atoms with van der Waals surface area (Å²) in [5.74, 6) is -0.747. The van der Waals surface area contributed by atoms with E-state index in [0.29, 0.717) is 17.8 Å². The molecule has 0 saturated heterocycles. The van der Waals surface area contributed by atoms with Gasteiger partial charge < -0.3 is 15.0 Å². The monoisotopic (exact) mass is 326 g/mol. The predicted octanol–water partition coefficient (Wildman–Crippen LogP) is 2.72. The third-order valence-electron chi connectivity index (χ3n) is 3.06. The molecule has 2 rings (SSSR count). The third kappa shape index (κ3) is 3.98. The summed E-state index contributed by atoms with van der Waals surface area (Å²) in [5, 5.41) is 2.16. The van der Waals surface area contributed by atoms with Crippen LogP contribution in [0.5, 0.6) is 0 Å². The number of benzene rings is 1. The van der Waals surface area contributed by atoms with Gasteiger partial charge in [-0.15, -0.1) is 0 Å². The molecule has 0 saturated carbocycles. The molecule has 0 fully saturated rings. The molecule has 1 heterocycles. The molecule has 5 nitrogen and oxygen atoms in total. The Kier molecular flexibility index (Phi) is 4.85. The quantitative estimate of drug-likeness (QED) is 0.907. The number of carbonyl (C=O) groups is 1. The van der Waals surface area contributed by atoms with E-state index >= 15 is 0 Å². The zero-order valence-electron chi connectivity index (χ0n) is 12.0. The molecule has 2 N–H and O–H groups in total. The summed E-state index contributed by atoms with van der Waals surface area (Å²) in [7, 11) is 1.29. The fraction of sp³-hybridized carbons (Fsp3) is 0.200. The van der Waals surface area contributed by atoms with Crippen molar-refractivity contribution < 1.29 is 22.7 Å². The van der Waals surface area contributed by atoms with Crippen molar-refractivity contribution >= 4 is 11.6 Å². The average molecular weight is 326 g/mol. The van der Waals surface area contributed by atoms with Gasteiger partial charge in [0.1, 0.15) is 5.69 Å². The van der Waals surface area contributed by atoms with E-state index in [9.17, 15) is 22.8 Å². The number of methoxy groups -OCH3 is 1. The molecule has 1 amide bonds. The standard InChI is InChI=1S/C15H13F3N2O3/c1-23-12(9-5-3-2-4-6-9)14(22)20-11-7-10(15(16,17)18)8-19-13(11)21/h2-8,12H,1H3,(H,19,21)(H,20,22)/t12-/m0/s1. The molecule has 0 bridgehead atoms. The Morgan fingerprint density at radius 2 is 1.91 bits per heavy atom. The molecular weight excluding hydrogens is 313 g/mol. The Bertz CT molecular complexity index is 742. The maximum absolute atomic E-state index is 12.7. The number of pyridine rings is 1. The van der Waals surface area contributed by atoms with E-state index in [1.165, 1.54) is 7.11 Å². The topological polar surface area (TPSA) is 71.2 Å². The van der Waals surface area contributed by atoms with Gasteiger partial charge in [-0.25, -0.2) is 0 Å². The highest BCUT2D eigenvalue weighted by atomic mass is 19.4. The number of aromatic nitrogens is 1. The first-order chi connectivity index (χ1) is 10.8. The van der Waals surface area contributed by atoms with Crippen molar-refractivity contribution in [1.82, 2.24) is 4.98 Å². The molecule has 23 heavy (non-hydrogen) atoms. The third-order valence-corrected chi connectivity index (χ3v) is 3.06. The van der Waals surface area contributed by atoms with Gasteiger partial charge in [0.25, 0.3) is 11.5 Å². The van der Waals surface area contributed by atoms with E-state index in [2.05, 4.69) is 5.32 Å². The highest BCUT2D eigenvalue weighted by molar-refractivity contribution is 5.94. The number of anilines is 1. The van der Waals surface area contributed by atoms with Crippen LogP contribution in [-0.2, 0) is 15.7 Å². The van der Waals surface area contributed by atoms with E-state index < -0.39 is 35.0 Å². The van der Waals surface area contributed by atoms with Gasteiger partial charge in [-0.3, -0.25) is 9.59 Å². The molecule has 0 spiro atoms. The first kappa shape index (κ1) is 16.8. The second-order valence-corrected chi connectivity index (χ2v) is 4.64. The van der Waals surface area contributed by atoms with Gasteiger partial charge in [0.05, 0.1) is 5.56 Å². The van der Waals surface area contributed by atoms with Crippen LogP contribution < -0.4 is 10.9 Å². The molecule has 0 aliphatic rings. The molecule has 1 aromatic heterocycles. The maximum Gasteiger partial charge on any atom is 0.417 e. The minimum absolute atomic E-state index is 0.497. The lowest BCUT2D eigenvalue weighted by Gasteiger charge is -2.16. The van der Waals surface area contributed by atoms with Gasteiger partial charge in [-0.1, -0.05) is 30.3 Å². The zero-order valence-corrected chi connectivity index (χ0v) is 12.0. The van der Waals surface area contributed by atoms with Gasteiger partial charge in [0.15, 0.2) is 6.10 Å². The molecule has 0 aliphatic carbocycles. The fourth-order valence-corrected chi connectivity index (χ4v) is 1.96. The minimum atomic E-state index is -4.64. The van der Waals surface area contributed by atoms with Crippen molar-refractivity contribution in [3.63, 3.8) is 0 Å². The van der Waals surface area contributed by atoms with Gasteiger partial charge in [0, 0.05) is 13.3 Å². The summed E-state index contributed by atoms with van der Waals surface area (Å²) >= 11 is 0. The molecular formula is C15H13F3N2O3. The van der Waals surface area contributed by atoms with Gasteiger partial charge in [-0.05, 0) is 11.6 Å². The first-order valence-electron chi connectivity index (χ1n) is 6.51. The first-order valence-corrected chi connectivity index (χ1v) is 6.51. The molecule has 1 aromatic carbocycles. The number of carbonyl (C=O) groups excluding carboxylic acids is 1. The number of aromatic amines is 1. The van der Waals surface area contributed by atoms with Crippen molar-refractivity contribution in [2.45, 2.75) is 12.3 Å². The van der Waals surface area contributed by atoms with E-state index in [1.807, 2.05) is 4.98 Å². The minimum Gasteiger partial charge on any atom is -0.367 e. The van der Waals surface area contributed by atoms with E-state index in [0.717, 1.165) is 0 Å². The van der Waals surface area contributed by atoms with Crippen LogP contribution in [0.15, 0.2) is 47.4 Å². The molecule has 8 heteroatoms. The Labute approximate surface area is 129 Å². The van der Waals surface area contributed by atoms with E-state index in [-0.39, 0.29) is 0 Å². The summed E-state index contributed by atoms with van der Waals surface area (Å²) < 4.78 is 43.1. The summed E-state index contributed by atoms with van der Waals surface area (Å²) in [6.07, 6.45) is -5.14. The van der Waals surface area contributed by atoms with Crippen LogP contribution in [0.2, 0.25) is 0 Å². The van der Waals surface area contributed by atoms with Crippen molar-refractivity contribution in [3.05, 3.63) is 64.1 Å². The van der Waals surface area contributed by atoms with Crippen LogP contribution in [0.3, 0.4) is 0 Å². The second kappa shape index (κ2) is 6.66. The molecule has 0 radical (unpaired) electrons. The smallest absolute Gasteiger partial charge is 0.367 e. The summed E-state index contributed by atoms with van der Waals surface area (Å²) in [4.78, 5) is 25.7. The summed E-state index contributed by atoms with van der Waals surface area (Å²) in [6, 6.07) is 8.95. The van der Waals surface area contributed by atoms with Crippen LogP contribution in [0.25, 0.3) is 0 Å². The molecule has 0 aliphatic heterocycles. The SMILES string of the molecule is CO[C@H](C(=O)Nc1cc(C(F)(F)F)c[nH]c1=O)c1ccccc1. The summed E-state index contributed by atoms with van der Waals surface area (Å²) in [5.41, 5.74) is -1.89. The molecule has 122 valence electrons. The lowest BCUT2D eigenvalue weighted by molar-refractivity contribution is -0.137. The Morgan fingerprint density at radius 1 is 1.26 bits per heavy atom. The van der Waals surface area contributed by atoms with Crippen LogP contribution in [-0.4, -0.2) is 18.0 Å². The number of alkyl halides is 3. The number of nitrogens with one attached hydrogen (secondary N) is 2. The number of ether oxygens (including phenoxy) is 1. The van der Waals surface area contributed by atoms with Gasteiger partial charge >= 0.3 is 6.18 Å². The lowest BCUT2D eigenvalue weighted by Crippen LogP contribution is -2.26. The fourth-order valence-electron chi connectivity index (χ4n) is 1.96. The second-order valence-electron chi connectivity index (χ2n) is 4.64. The van der Waals surface area contributed by atoms with Crippen molar-refractivity contribution in [1.29, 1.82) is 0 Å². The van der Waals surface area contributed by atoms with Crippen LogP contribution >= 0.6 is 0 Å². The van der Waals surface area contributed by atoms with Crippen LogP contribution in [0.1, 0.15) is 17.2 Å². The lowest BCUT2D eigenvalue weighted by atomic mass is 10.1. The van der Waals surface area contributed by atoms with Crippen LogP contribution in [0, 0.1) is 0 Å². The Balaban J connectivity index is 2.27. The highest BCUT2D eigenvalue weighted by Crippen LogP contribution is 2.29. The Morgan fingerprint density at radius 3 is 2.48 bits per heavy atom. The summed E-state index contributed by atoms with van der Waals surface area (Å²) in [6.45, 7) is 0. The van der Waals surface area contributed by atoms with Crippen LogP contribution in [0.4, 0.5) is 18.9 Å². The van der Waals surface area contributed by atoms with Crippen molar-refractivity contribution in [2.75, 3.05) is 12.4 Å². The number of hydrogen-bond donors (Lipinski definition) is 2. The highest BCUT2D eigenvalue weighted by Gasteiger charge is 2.32. The molecule has 1 atom stereocenters. The van der Waals surface area contributed by atoms with Gasteiger partial charge in [0.2, 0.25) is 0 Å². The number of halogens is 3. The normalized spacial score (nSPS) is 12.7. The van der Waals surface area contributed by atoms with Gasteiger partial charge in [-0.2, -0.15) is 13.2 Å². The van der Waals surface area contributed by atoms with Crippen molar-refractivity contribution in [3.8, 4) is 0 Å². The molecule has 0 unspecified atom stereocenters. The predicted molar refractivity (Wildman–Crippen MR) is 76.9 cm³/mol. The Hall–Kier alpha value is -2.61. The van der Waals surface area contributed by atoms with E-state index in [1.54, 1.807) is 30.3 Å².